The molecular weight excluding hydrogens is 200 g/mol. The van der Waals surface area contributed by atoms with E-state index < -0.39 is 0 Å². The standard InChI is InChI=1S/2C6H8N2/c2*1-5-3-4-7-6(2)8-5/h2*3-4H,1-2H3/i2*4D. The summed E-state index contributed by atoms with van der Waals surface area (Å²) in [7, 11) is 0. The maximum atomic E-state index is 7.13. The summed E-state index contributed by atoms with van der Waals surface area (Å²) < 4.78 is 14.3. The van der Waals surface area contributed by atoms with Gasteiger partial charge in [-0.25, -0.2) is 19.9 Å². The molecule has 4 nitrogen and oxygen atoms in total. The molecule has 2 aromatic heterocycles. The lowest BCUT2D eigenvalue weighted by molar-refractivity contribution is 1.01. The minimum atomic E-state index is 0.292. The van der Waals surface area contributed by atoms with Crippen molar-refractivity contribution in [1.82, 2.24) is 19.9 Å². The third-order valence-corrected chi connectivity index (χ3v) is 1.68. The molecule has 0 atom stereocenters. The highest BCUT2D eigenvalue weighted by atomic mass is 14.9. The first-order valence-electron chi connectivity index (χ1n) is 5.94. The molecule has 0 radical (unpaired) electrons. The predicted molar refractivity (Wildman–Crippen MR) is 63.0 cm³/mol. The fourth-order valence-corrected chi connectivity index (χ4v) is 1.06. The van der Waals surface area contributed by atoms with E-state index in [4.69, 9.17) is 2.74 Å². The van der Waals surface area contributed by atoms with Crippen LogP contribution >= 0.6 is 0 Å². The summed E-state index contributed by atoms with van der Waals surface area (Å²) in [5, 5.41) is 0. The lowest BCUT2D eigenvalue weighted by atomic mass is 10.4. The lowest BCUT2D eigenvalue weighted by Gasteiger charge is -1.89. The Morgan fingerprint density at radius 3 is 1.44 bits per heavy atom. The van der Waals surface area contributed by atoms with Gasteiger partial charge >= 0.3 is 0 Å². The third kappa shape index (κ3) is 4.59. The van der Waals surface area contributed by atoms with E-state index in [0.717, 1.165) is 11.4 Å². The highest BCUT2D eigenvalue weighted by molar-refractivity contribution is 4.98. The number of hydrogen-bond acceptors (Lipinski definition) is 4. The highest BCUT2D eigenvalue weighted by Crippen LogP contribution is 1.89. The predicted octanol–water partition coefficient (Wildman–Crippen LogP) is 2.19. The van der Waals surface area contributed by atoms with Crippen molar-refractivity contribution in [2.75, 3.05) is 0 Å². The first-order valence-corrected chi connectivity index (χ1v) is 4.94. The Kier molecular flexibility index (Phi) is 3.46. The molecule has 2 heterocycles. The van der Waals surface area contributed by atoms with Gasteiger partial charge in [-0.05, 0) is 39.8 Å². The molecular formula is C12H16N4. The molecule has 16 heavy (non-hydrogen) atoms. The van der Waals surface area contributed by atoms with E-state index in [1.54, 1.807) is 26.0 Å². The maximum Gasteiger partial charge on any atom is 0.125 e. The molecule has 0 fully saturated rings. The van der Waals surface area contributed by atoms with Crippen LogP contribution in [0.25, 0.3) is 0 Å². The number of aromatic nitrogens is 4. The molecule has 0 saturated carbocycles. The zero-order valence-corrected chi connectivity index (χ0v) is 9.94. The number of nitrogens with zero attached hydrogens (tertiary/aromatic N) is 4. The van der Waals surface area contributed by atoms with Crippen LogP contribution in [-0.4, -0.2) is 19.9 Å². The van der Waals surface area contributed by atoms with Gasteiger partial charge in [0, 0.05) is 23.7 Å². The largest absolute Gasteiger partial charge is 0.242 e. The van der Waals surface area contributed by atoms with Crippen LogP contribution in [0.1, 0.15) is 25.8 Å². The van der Waals surface area contributed by atoms with Crippen LogP contribution in [0.4, 0.5) is 0 Å². The van der Waals surface area contributed by atoms with Crippen LogP contribution in [0.5, 0.6) is 0 Å². The van der Waals surface area contributed by atoms with Gasteiger partial charge in [-0.2, -0.15) is 0 Å². The molecule has 0 aliphatic heterocycles. The van der Waals surface area contributed by atoms with E-state index >= 15 is 0 Å². The molecule has 0 bridgehead atoms. The van der Waals surface area contributed by atoms with Crippen LogP contribution in [0.3, 0.4) is 0 Å². The zero-order valence-electron chi connectivity index (χ0n) is 11.9. The lowest BCUT2D eigenvalue weighted by Crippen LogP contribution is -1.86. The monoisotopic (exact) mass is 218 g/mol. The smallest absolute Gasteiger partial charge is 0.125 e. The van der Waals surface area contributed by atoms with Crippen molar-refractivity contribution in [2.45, 2.75) is 27.7 Å². The summed E-state index contributed by atoms with van der Waals surface area (Å²) in [5.74, 6) is 1.33. The van der Waals surface area contributed by atoms with Gasteiger partial charge < -0.3 is 0 Å². The van der Waals surface area contributed by atoms with Crippen molar-refractivity contribution in [3.8, 4) is 0 Å². The van der Waals surface area contributed by atoms with Crippen LogP contribution in [-0.2, 0) is 0 Å². The Morgan fingerprint density at radius 2 is 1.19 bits per heavy atom. The van der Waals surface area contributed by atoms with Gasteiger partial charge in [0.2, 0.25) is 0 Å². The van der Waals surface area contributed by atoms with Crippen LogP contribution < -0.4 is 0 Å². The Balaban J connectivity index is 0.000000180. The van der Waals surface area contributed by atoms with Crippen molar-refractivity contribution in [3.05, 3.63) is 47.5 Å². The zero-order chi connectivity index (χ0) is 13.7. The topological polar surface area (TPSA) is 51.6 Å². The summed E-state index contributed by atoms with van der Waals surface area (Å²) in [6, 6.07) is 3.26. The number of aryl methyl sites for hydroxylation is 4. The average molecular weight is 218 g/mol. The second-order valence-electron chi connectivity index (χ2n) is 3.37. The van der Waals surface area contributed by atoms with Crippen molar-refractivity contribution in [2.24, 2.45) is 0 Å². The maximum absolute atomic E-state index is 7.13. The molecule has 0 unspecified atom stereocenters. The van der Waals surface area contributed by atoms with Gasteiger partial charge in [0.15, 0.2) is 0 Å². The molecule has 2 rings (SSSR count). The molecule has 0 saturated heterocycles. The number of hydrogen-bond donors (Lipinski definition) is 0. The van der Waals surface area contributed by atoms with E-state index in [9.17, 15) is 0 Å². The van der Waals surface area contributed by atoms with Gasteiger partial charge in [-0.1, -0.05) is 0 Å². The Hall–Kier alpha value is -1.84. The minimum absolute atomic E-state index is 0.292. The van der Waals surface area contributed by atoms with Gasteiger partial charge in [-0.3, -0.25) is 0 Å². The Morgan fingerprint density at radius 1 is 0.812 bits per heavy atom. The van der Waals surface area contributed by atoms with Gasteiger partial charge in [-0.15, -0.1) is 0 Å². The SMILES string of the molecule is [2H]c1cc(C)nc(C)n1.[2H]c1cc(C)nc(C)n1. The minimum Gasteiger partial charge on any atom is -0.242 e. The van der Waals surface area contributed by atoms with E-state index in [0.29, 0.717) is 24.0 Å². The molecule has 0 aliphatic rings. The van der Waals surface area contributed by atoms with Crippen molar-refractivity contribution in [1.29, 1.82) is 0 Å². The van der Waals surface area contributed by atoms with Crippen LogP contribution in [0.2, 0.25) is 0 Å². The Bertz CT molecular complexity index is 393. The summed E-state index contributed by atoms with van der Waals surface area (Å²) in [6.07, 6.45) is 0.583. The first kappa shape index (κ1) is 9.39. The molecule has 0 N–H and O–H groups in total. The molecule has 84 valence electrons. The summed E-state index contributed by atoms with van der Waals surface area (Å²) >= 11 is 0. The summed E-state index contributed by atoms with van der Waals surface area (Å²) in [4.78, 5) is 15.6. The van der Waals surface area contributed by atoms with Crippen molar-refractivity contribution >= 4 is 0 Å². The van der Waals surface area contributed by atoms with Crippen LogP contribution in [0.15, 0.2) is 24.5 Å². The van der Waals surface area contributed by atoms with Gasteiger partial charge in [0.1, 0.15) is 11.6 Å². The third-order valence-electron chi connectivity index (χ3n) is 1.68. The molecule has 0 aliphatic carbocycles. The Labute approximate surface area is 98.6 Å². The second kappa shape index (κ2) is 5.90. The van der Waals surface area contributed by atoms with Gasteiger partial charge in [0.25, 0.3) is 0 Å². The highest BCUT2D eigenvalue weighted by Gasteiger charge is 1.84. The quantitative estimate of drug-likeness (QED) is 0.680. The first-order chi connectivity index (χ1) is 8.36. The van der Waals surface area contributed by atoms with Gasteiger partial charge in [0.05, 0.1) is 2.74 Å². The van der Waals surface area contributed by atoms with E-state index in [-0.39, 0.29) is 0 Å². The molecule has 0 spiro atoms. The second-order valence-corrected chi connectivity index (χ2v) is 3.37. The van der Waals surface area contributed by atoms with Crippen molar-refractivity contribution < 1.29 is 2.74 Å². The van der Waals surface area contributed by atoms with Crippen LogP contribution in [0, 0.1) is 27.7 Å². The summed E-state index contributed by atoms with van der Waals surface area (Å²) in [5.41, 5.74) is 1.71. The normalized spacial score (nSPS) is 11.0. The van der Waals surface area contributed by atoms with E-state index in [2.05, 4.69) is 19.9 Å². The molecule has 4 heteroatoms. The van der Waals surface area contributed by atoms with E-state index in [1.807, 2.05) is 13.8 Å². The van der Waals surface area contributed by atoms with Crippen molar-refractivity contribution in [3.63, 3.8) is 0 Å². The molecule has 2 aromatic rings. The fourth-order valence-electron chi connectivity index (χ4n) is 1.06. The number of rotatable bonds is 0. The van der Waals surface area contributed by atoms with E-state index in [1.165, 1.54) is 0 Å². The molecule has 0 aromatic carbocycles. The average Bonchev–Trinajstić information content (AvgIpc) is 2.12. The summed E-state index contributed by atoms with van der Waals surface area (Å²) in [6.45, 7) is 7.27. The fraction of sp³-hybridized carbons (Fsp3) is 0.333. The molecule has 0 amide bonds.